The van der Waals surface area contributed by atoms with E-state index in [9.17, 15) is 10.1 Å². The predicted octanol–water partition coefficient (Wildman–Crippen LogP) is 5.28. The molecule has 4 rings (SSSR count). The number of hydrogen-bond acceptors (Lipinski definition) is 7. The Hall–Kier alpha value is -3.13. The van der Waals surface area contributed by atoms with E-state index in [1.165, 1.54) is 10.9 Å². The molecule has 0 fully saturated rings. The highest BCUT2D eigenvalue weighted by atomic mass is 32.1. The van der Waals surface area contributed by atoms with Crippen LogP contribution in [0.5, 0.6) is 11.5 Å². The minimum atomic E-state index is -0.381. The molecule has 0 bridgehead atoms. The molecule has 2 aromatic carbocycles. The Morgan fingerprint density at radius 1 is 1.13 bits per heavy atom. The number of nitrogens with zero attached hydrogens (tertiary/aromatic N) is 2. The van der Waals surface area contributed by atoms with Crippen molar-refractivity contribution in [1.82, 2.24) is 4.98 Å². The summed E-state index contributed by atoms with van der Waals surface area (Å²) in [7, 11) is 0. The number of fused-ring (bicyclic) bond motifs is 1. The predicted molar refractivity (Wildman–Crippen MR) is 117 cm³/mol. The lowest BCUT2D eigenvalue weighted by Gasteiger charge is -2.17. The number of non-ortho nitro benzene ring substituents is 1. The molecule has 0 amide bonds. The van der Waals surface area contributed by atoms with Gasteiger partial charge in [0.25, 0.3) is 5.69 Å². The van der Waals surface area contributed by atoms with Gasteiger partial charge in [0, 0.05) is 35.4 Å². The normalized spacial score (nSPS) is 12.8. The van der Waals surface area contributed by atoms with Crippen molar-refractivity contribution in [3.63, 3.8) is 0 Å². The van der Waals surface area contributed by atoms with Crippen LogP contribution in [0.2, 0.25) is 0 Å². The van der Waals surface area contributed by atoms with E-state index in [2.05, 4.69) is 32.2 Å². The van der Waals surface area contributed by atoms with Gasteiger partial charge >= 0.3 is 0 Å². The minimum absolute atomic E-state index is 0.0901. The molecule has 7 nitrogen and oxygen atoms in total. The number of nitrogens with one attached hydrogen (secondary N) is 1. The van der Waals surface area contributed by atoms with Gasteiger partial charge in [-0.05, 0) is 23.3 Å². The number of nitro benzene ring substituents is 1. The molecule has 0 atom stereocenters. The van der Waals surface area contributed by atoms with Gasteiger partial charge in [-0.2, -0.15) is 0 Å². The summed E-state index contributed by atoms with van der Waals surface area (Å²) in [4.78, 5) is 16.6. The van der Waals surface area contributed by atoms with Crippen LogP contribution < -0.4 is 14.8 Å². The van der Waals surface area contributed by atoms with Crippen LogP contribution in [0.25, 0.3) is 0 Å². The molecule has 1 N–H and O–H groups in total. The number of rotatable bonds is 6. The zero-order chi connectivity index (χ0) is 21.3. The average Bonchev–Trinajstić information content (AvgIpc) is 3.33. The lowest BCUT2D eigenvalue weighted by molar-refractivity contribution is -0.384. The van der Waals surface area contributed by atoms with Crippen LogP contribution in [0.3, 0.4) is 0 Å². The third kappa shape index (κ3) is 4.38. The first-order valence-electron chi connectivity index (χ1n) is 9.65. The molecule has 0 saturated carbocycles. The van der Waals surface area contributed by atoms with Gasteiger partial charge < -0.3 is 14.8 Å². The topological polar surface area (TPSA) is 86.5 Å². The minimum Gasteiger partial charge on any atom is -0.454 e. The third-order valence-electron chi connectivity index (χ3n) is 4.77. The summed E-state index contributed by atoms with van der Waals surface area (Å²) < 4.78 is 10.9. The SMILES string of the molecule is CC(C)(C)c1nc(NCc2cccc([N+](=O)[O-])c2)sc1Cc1ccc2c(c1)OCO2. The highest BCUT2D eigenvalue weighted by molar-refractivity contribution is 7.15. The zero-order valence-electron chi connectivity index (χ0n) is 17.1. The van der Waals surface area contributed by atoms with Gasteiger partial charge in [-0.15, -0.1) is 11.3 Å². The molecule has 30 heavy (non-hydrogen) atoms. The van der Waals surface area contributed by atoms with E-state index in [-0.39, 0.29) is 22.8 Å². The molecule has 3 aromatic rings. The maximum absolute atomic E-state index is 11.0. The van der Waals surface area contributed by atoms with Gasteiger partial charge in [-0.25, -0.2) is 4.98 Å². The summed E-state index contributed by atoms with van der Waals surface area (Å²) >= 11 is 1.62. The van der Waals surface area contributed by atoms with Gasteiger partial charge in [0.15, 0.2) is 16.6 Å². The first kappa shape index (κ1) is 20.2. The van der Waals surface area contributed by atoms with Crippen molar-refractivity contribution >= 4 is 22.2 Å². The van der Waals surface area contributed by atoms with E-state index in [1.807, 2.05) is 18.2 Å². The highest BCUT2D eigenvalue weighted by Gasteiger charge is 2.24. The average molecular weight is 426 g/mol. The lowest BCUT2D eigenvalue weighted by atomic mass is 9.90. The van der Waals surface area contributed by atoms with Crippen LogP contribution in [-0.4, -0.2) is 16.7 Å². The lowest BCUT2D eigenvalue weighted by Crippen LogP contribution is -2.14. The second-order valence-corrected chi connectivity index (χ2v) is 9.27. The second-order valence-electron chi connectivity index (χ2n) is 8.19. The molecule has 1 aliphatic heterocycles. The number of aromatic nitrogens is 1. The maximum atomic E-state index is 11.0. The zero-order valence-corrected chi connectivity index (χ0v) is 17.9. The molecule has 0 saturated heterocycles. The Kier molecular flexibility index (Phi) is 5.34. The standard InChI is InChI=1S/C22H23N3O4S/c1-22(2,3)20-19(11-14-7-8-17-18(10-14)29-13-28-17)30-21(24-20)23-12-15-5-4-6-16(9-15)25(26)27/h4-10H,11-13H2,1-3H3,(H,23,24). The molecule has 8 heteroatoms. The first-order valence-corrected chi connectivity index (χ1v) is 10.5. The number of nitro groups is 1. The van der Waals surface area contributed by atoms with Crippen LogP contribution in [0.4, 0.5) is 10.8 Å². The van der Waals surface area contributed by atoms with Gasteiger partial charge in [-0.3, -0.25) is 10.1 Å². The van der Waals surface area contributed by atoms with Gasteiger partial charge in [0.05, 0.1) is 10.6 Å². The van der Waals surface area contributed by atoms with Crippen LogP contribution in [-0.2, 0) is 18.4 Å². The summed E-state index contributed by atoms with van der Waals surface area (Å²) in [5, 5.41) is 15.1. The quantitative estimate of drug-likeness (QED) is 0.427. The second kappa shape index (κ2) is 7.95. The summed E-state index contributed by atoms with van der Waals surface area (Å²) in [5.74, 6) is 1.55. The van der Waals surface area contributed by atoms with Crippen molar-refractivity contribution in [2.75, 3.05) is 12.1 Å². The summed E-state index contributed by atoms with van der Waals surface area (Å²) in [5.41, 5.74) is 3.01. The monoisotopic (exact) mass is 425 g/mol. The van der Waals surface area contributed by atoms with Crippen molar-refractivity contribution in [3.05, 3.63) is 74.3 Å². The molecular weight excluding hydrogens is 402 g/mol. The van der Waals surface area contributed by atoms with Crippen molar-refractivity contribution in [3.8, 4) is 11.5 Å². The molecule has 0 radical (unpaired) electrons. The molecule has 0 unspecified atom stereocenters. The van der Waals surface area contributed by atoms with Crippen molar-refractivity contribution in [2.45, 2.75) is 39.2 Å². The summed E-state index contributed by atoms with van der Waals surface area (Å²) in [6.07, 6.45) is 0.749. The Bertz CT molecular complexity index is 1090. The van der Waals surface area contributed by atoms with Gasteiger partial charge in [0.2, 0.25) is 6.79 Å². The van der Waals surface area contributed by atoms with Crippen molar-refractivity contribution < 1.29 is 14.4 Å². The Labute approximate surface area is 178 Å². The van der Waals surface area contributed by atoms with E-state index in [4.69, 9.17) is 14.5 Å². The molecule has 0 spiro atoms. The number of thiazole rings is 1. The largest absolute Gasteiger partial charge is 0.454 e. The number of benzene rings is 2. The fourth-order valence-electron chi connectivity index (χ4n) is 3.33. The van der Waals surface area contributed by atoms with Gasteiger partial charge in [-0.1, -0.05) is 39.0 Å². The Balaban J connectivity index is 1.54. The van der Waals surface area contributed by atoms with Crippen LogP contribution in [0.15, 0.2) is 42.5 Å². The fourth-order valence-corrected chi connectivity index (χ4v) is 4.53. The number of ether oxygens (including phenoxy) is 2. The molecule has 0 aliphatic carbocycles. The van der Waals surface area contributed by atoms with E-state index in [0.717, 1.165) is 39.9 Å². The number of hydrogen-bond donors (Lipinski definition) is 1. The van der Waals surface area contributed by atoms with Crippen molar-refractivity contribution in [1.29, 1.82) is 0 Å². The van der Waals surface area contributed by atoms with Gasteiger partial charge in [0.1, 0.15) is 0 Å². The Morgan fingerprint density at radius 2 is 1.93 bits per heavy atom. The van der Waals surface area contributed by atoms with Crippen LogP contribution in [0.1, 0.15) is 42.5 Å². The molecule has 2 heterocycles. The fraction of sp³-hybridized carbons (Fsp3) is 0.318. The molecule has 1 aliphatic rings. The Morgan fingerprint density at radius 3 is 2.70 bits per heavy atom. The van der Waals surface area contributed by atoms with Crippen molar-refractivity contribution in [2.24, 2.45) is 0 Å². The van der Waals surface area contributed by atoms with E-state index in [0.29, 0.717) is 6.54 Å². The summed E-state index contributed by atoms with van der Waals surface area (Å²) in [6.45, 7) is 7.18. The molecule has 1 aromatic heterocycles. The summed E-state index contributed by atoms with van der Waals surface area (Å²) in [6, 6.07) is 12.7. The molecular formula is C22H23N3O4S. The highest BCUT2D eigenvalue weighted by Crippen LogP contribution is 2.37. The number of anilines is 1. The van der Waals surface area contributed by atoms with Crippen LogP contribution in [0, 0.1) is 10.1 Å². The smallest absolute Gasteiger partial charge is 0.269 e. The third-order valence-corrected chi connectivity index (χ3v) is 5.79. The maximum Gasteiger partial charge on any atom is 0.269 e. The van der Waals surface area contributed by atoms with E-state index < -0.39 is 0 Å². The van der Waals surface area contributed by atoms with Crippen LogP contribution >= 0.6 is 11.3 Å². The van der Waals surface area contributed by atoms with E-state index >= 15 is 0 Å². The first-order chi connectivity index (χ1) is 14.3. The molecule has 156 valence electrons. The van der Waals surface area contributed by atoms with E-state index in [1.54, 1.807) is 23.5 Å².